The lowest BCUT2D eigenvalue weighted by molar-refractivity contribution is 0.559. The molecule has 0 saturated heterocycles. The molecule has 0 bridgehead atoms. The molecule has 0 aliphatic rings. The third kappa shape index (κ3) is 5.14. The van der Waals surface area contributed by atoms with Crippen LogP contribution in [0.1, 0.15) is 12.0 Å². The van der Waals surface area contributed by atoms with E-state index >= 15 is 0 Å². The molecule has 0 aliphatic heterocycles. The van der Waals surface area contributed by atoms with Crippen LogP contribution in [0.15, 0.2) is 48.8 Å². The summed E-state index contributed by atoms with van der Waals surface area (Å²) in [4.78, 5) is 0. The van der Waals surface area contributed by atoms with Crippen molar-refractivity contribution in [2.24, 2.45) is 0 Å². The maximum absolute atomic E-state index is 11.8. The van der Waals surface area contributed by atoms with Crippen molar-refractivity contribution in [2.75, 3.05) is 12.3 Å². The Morgan fingerprint density at radius 2 is 1.95 bits per heavy atom. The molecule has 5 nitrogen and oxygen atoms in total. The van der Waals surface area contributed by atoms with Crippen molar-refractivity contribution in [3.05, 3.63) is 54.4 Å². The van der Waals surface area contributed by atoms with Gasteiger partial charge in [0, 0.05) is 18.9 Å². The molecule has 0 radical (unpaired) electrons. The molecule has 108 valence electrons. The molecule has 1 aromatic carbocycles. The summed E-state index contributed by atoms with van der Waals surface area (Å²) in [7, 11) is -3.20. The van der Waals surface area contributed by atoms with Crippen LogP contribution in [0, 0.1) is 0 Å². The summed E-state index contributed by atoms with van der Waals surface area (Å²) in [6.45, 7) is 0.917. The summed E-state index contributed by atoms with van der Waals surface area (Å²) in [5.74, 6) is 0.154. The van der Waals surface area contributed by atoms with Crippen molar-refractivity contribution in [1.29, 1.82) is 0 Å². The largest absolute Gasteiger partial charge is 0.271 e. The van der Waals surface area contributed by atoms with Gasteiger partial charge in [0.05, 0.1) is 12.3 Å². The molecule has 0 amide bonds. The van der Waals surface area contributed by atoms with Crippen molar-refractivity contribution >= 4 is 10.0 Å². The first-order valence-corrected chi connectivity index (χ1v) is 8.30. The van der Waals surface area contributed by atoms with Crippen molar-refractivity contribution in [2.45, 2.75) is 19.4 Å². The highest BCUT2D eigenvalue weighted by molar-refractivity contribution is 7.89. The summed E-state index contributed by atoms with van der Waals surface area (Å²) in [5.41, 5.74) is 1.17. The van der Waals surface area contributed by atoms with Crippen molar-refractivity contribution in [3.8, 4) is 0 Å². The number of benzene rings is 1. The average Bonchev–Trinajstić information content (AvgIpc) is 2.93. The Kier molecular flexibility index (Phi) is 5.31. The Morgan fingerprint density at radius 1 is 1.15 bits per heavy atom. The number of hydrogen-bond acceptors (Lipinski definition) is 3. The summed E-state index contributed by atoms with van der Waals surface area (Å²) < 4.78 is 27.9. The Morgan fingerprint density at radius 3 is 2.65 bits per heavy atom. The van der Waals surface area contributed by atoms with Gasteiger partial charge < -0.3 is 0 Å². The van der Waals surface area contributed by atoms with Crippen molar-refractivity contribution in [3.63, 3.8) is 0 Å². The molecule has 0 spiro atoms. The number of nitrogens with one attached hydrogen (secondary N) is 1. The van der Waals surface area contributed by atoms with Gasteiger partial charge in [-0.1, -0.05) is 30.3 Å². The second-order valence-electron chi connectivity index (χ2n) is 4.57. The highest BCUT2D eigenvalue weighted by Gasteiger charge is 2.09. The fourth-order valence-corrected chi connectivity index (χ4v) is 3.00. The molecule has 2 rings (SSSR count). The van der Waals surface area contributed by atoms with E-state index in [0.717, 1.165) is 6.42 Å². The normalized spacial score (nSPS) is 11.6. The molecule has 2 aromatic rings. The van der Waals surface area contributed by atoms with E-state index in [1.165, 1.54) is 5.56 Å². The summed E-state index contributed by atoms with van der Waals surface area (Å²) in [6.07, 6.45) is 4.89. The average molecular weight is 293 g/mol. The van der Waals surface area contributed by atoms with Gasteiger partial charge in [0.15, 0.2) is 0 Å². The van der Waals surface area contributed by atoms with E-state index in [-0.39, 0.29) is 5.75 Å². The first-order valence-electron chi connectivity index (χ1n) is 6.64. The van der Waals surface area contributed by atoms with Gasteiger partial charge in [-0.15, -0.1) is 0 Å². The fraction of sp³-hybridized carbons (Fsp3) is 0.357. The van der Waals surface area contributed by atoms with Crippen molar-refractivity contribution in [1.82, 2.24) is 14.5 Å². The van der Waals surface area contributed by atoms with E-state index in [1.807, 2.05) is 42.6 Å². The lowest BCUT2D eigenvalue weighted by atomic mass is 10.1. The molecule has 0 unspecified atom stereocenters. The van der Waals surface area contributed by atoms with Crippen LogP contribution < -0.4 is 4.72 Å². The number of sulfonamides is 1. The topological polar surface area (TPSA) is 64.0 Å². The predicted octanol–water partition coefficient (Wildman–Crippen LogP) is 1.44. The van der Waals surface area contributed by atoms with Gasteiger partial charge >= 0.3 is 0 Å². The number of aromatic nitrogens is 2. The molecular formula is C14H19N3O2S. The maximum Gasteiger partial charge on any atom is 0.211 e. The molecule has 0 saturated carbocycles. The Hall–Kier alpha value is -1.66. The van der Waals surface area contributed by atoms with E-state index in [0.29, 0.717) is 19.5 Å². The van der Waals surface area contributed by atoms with Gasteiger partial charge in [-0.3, -0.25) is 4.68 Å². The Balaban J connectivity index is 1.68. The summed E-state index contributed by atoms with van der Waals surface area (Å²) in [6, 6.07) is 11.7. The molecule has 0 atom stereocenters. The van der Waals surface area contributed by atoms with Gasteiger partial charge in [0.1, 0.15) is 0 Å². The zero-order chi connectivity index (χ0) is 14.3. The maximum atomic E-state index is 11.8. The van der Waals surface area contributed by atoms with Crippen LogP contribution in [0.25, 0.3) is 0 Å². The van der Waals surface area contributed by atoms with Crippen LogP contribution >= 0.6 is 0 Å². The van der Waals surface area contributed by atoms with Gasteiger partial charge in [0.2, 0.25) is 10.0 Å². The van der Waals surface area contributed by atoms with Crippen molar-refractivity contribution < 1.29 is 8.42 Å². The van der Waals surface area contributed by atoms with Crippen LogP contribution in [0.2, 0.25) is 0 Å². The second-order valence-corrected chi connectivity index (χ2v) is 6.50. The lowest BCUT2D eigenvalue weighted by Gasteiger charge is -2.07. The van der Waals surface area contributed by atoms with Crippen LogP contribution in [0.3, 0.4) is 0 Å². The summed E-state index contributed by atoms with van der Waals surface area (Å²) in [5, 5.41) is 4.02. The number of rotatable bonds is 8. The standard InChI is InChI=1S/C14H19N3O2S/c18-20(19,16-10-12-17-11-5-9-15-17)13-4-8-14-6-2-1-3-7-14/h1-3,5-7,9,11,16H,4,8,10,12-13H2. The lowest BCUT2D eigenvalue weighted by Crippen LogP contribution is -2.29. The fourth-order valence-electron chi connectivity index (χ4n) is 1.93. The number of hydrogen-bond donors (Lipinski definition) is 1. The molecule has 0 fully saturated rings. The van der Waals surface area contributed by atoms with Crippen LogP contribution in [0.4, 0.5) is 0 Å². The minimum atomic E-state index is -3.20. The third-order valence-corrected chi connectivity index (χ3v) is 4.41. The first-order chi connectivity index (χ1) is 9.66. The molecule has 1 N–H and O–H groups in total. The van der Waals surface area contributed by atoms with Crippen LogP contribution in [-0.4, -0.2) is 30.5 Å². The minimum Gasteiger partial charge on any atom is -0.271 e. The Labute approximate surface area is 119 Å². The zero-order valence-electron chi connectivity index (χ0n) is 11.3. The highest BCUT2D eigenvalue weighted by Crippen LogP contribution is 2.03. The number of aryl methyl sites for hydroxylation is 1. The third-order valence-electron chi connectivity index (χ3n) is 2.94. The quantitative estimate of drug-likeness (QED) is 0.801. The smallest absolute Gasteiger partial charge is 0.211 e. The van der Waals surface area contributed by atoms with Crippen LogP contribution in [-0.2, 0) is 23.0 Å². The highest BCUT2D eigenvalue weighted by atomic mass is 32.2. The second kappa shape index (κ2) is 7.21. The molecule has 1 aromatic heterocycles. The Bertz CT molecular complexity index is 595. The predicted molar refractivity (Wildman–Crippen MR) is 78.8 cm³/mol. The van der Waals surface area contributed by atoms with Gasteiger partial charge in [-0.05, 0) is 24.5 Å². The zero-order valence-corrected chi connectivity index (χ0v) is 12.1. The molecular weight excluding hydrogens is 274 g/mol. The van der Waals surface area contributed by atoms with E-state index in [9.17, 15) is 8.42 Å². The molecule has 20 heavy (non-hydrogen) atoms. The monoisotopic (exact) mass is 293 g/mol. The minimum absolute atomic E-state index is 0.154. The first kappa shape index (κ1) is 14.7. The molecule has 6 heteroatoms. The van der Waals surface area contributed by atoms with E-state index in [4.69, 9.17) is 0 Å². The van der Waals surface area contributed by atoms with Gasteiger partial charge in [-0.25, -0.2) is 13.1 Å². The van der Waals surface area contributed by atoms with Crippen LogP contribution in [0.5, 0.6) is 0 Å². The van der Waals surface area contributed by atoms with E-state index < -0.39 is 10.0 Å². The SMILES string of the molecule is O=S(=O)(CCCc1ccccc1)NCCn1cccn1. The van der Waals surface area contributed by atoms with Gasteiger partial charge in [0.25, 0.3) is 0 Å². The van der Waals surface area contributed by atoms with E-state index in [1.54, 1.807) is 10.9 Å². The molecule has 1 heterocycles. The number of nitrogens with zero attached hydrogens (tertiary/aromatic N) is 2. The summed E-state index contributed by atoms with van der Waals surface area (Å²) >= 11 is 0. The molecule has 0 aliphatic carbocycles. The van der Waals surface area contributed by atoms with Gasteiger partial charge in [-0.2, -0.15) is 5.10 Å². The van der Waals surface area contributed by atoms with E-state index in [2.05, 4.69) is 9.82 Å².